The third-order valence-electron chi connectivity index (χ3n) is 6.04. The number of amides is 1. The van der Waals surface area contributed by atoms with Crippen molar-refractivity contribution in [2.75, 3.05) is 32.8 Å². The molecule has 0 saturated carbocycles. The van der Waals surface area contributed by atoms with Gasteiger partial charge in [0.2, 0.25) is 5.91 Å². The highest BCUT2D eigenvalue weighted by atomic mass is 16.5. The Kier molecular flexibility index (Phi) is 6.13. The van der Waals surface area contributed by atoms with Gasteiger partial charge < -0.3 is 10.1 Å². The molecule has 1 aromatic carbocycles. The Bertz CT molecular complexity index is 546. The van der Waals surface area contributed by atoms with Gasteiger partial charge in [-0.2, -0.15) is 0 Å². The molecule has 25 heavy (non-hydrogen) atoms. The molecule has 0 aliphatic carbocycles. The Labute approximate surface area is 151 Å². The van der Waals surface area contributed by atoms with Crippen LogP contribution in [0.2, 0.25) is 0 Å². The van der Waals surface area contributed by atoms with Gasteiger partial charge in [0.25, 0.3) is 0 Å². The highest BCUT2D eigenvalue weighted by molar-refractivity contribution is 5.82. The summed E-state index contributed by atoms with van der Waals surface area (Å²) >= 11 is 0. The minimum absolute atomic E-state index is 0.183. The van der Waals surface area contributed by atoms with E-state index in [2.05, 4.69) is 54.4 Å². The van der Waals surface area contributed by atoms with Crippen LogP contribution in [0.4, 0.5) is 0 Å². The molecule has 2 aliphatic rings. The molecule has 0 aromatic heterocycles. The summed E-state index contributed by atoms with van der Waals surface area (Å²) in [6.07, 6.45) is 4.12. The number of carbonyl (C=O) groups excluding carboxylic acids is 1. The predicted octanol–water partition coefficient (Wildman–Crippen LogP) is 3.39. The van der Waals surface area contributed by atoms with Crippen molar-refractivity contribution in [1.29, 1.82) is 0 Å². The van der Waals surface area contributed by atoms with Crippen LogP contribution >= 0.6 is 0 Å². The molecule has 0 radical (unpaired) electrons. The van der Waals surface area contributed by atoms with E-state index in [0.717, 1.165) is 31.8 Å². The number of carbonyl (C=O) groups is 1. The first-order chi connectivity index (χ1) is 12.1. The predicted molar refractivity (Wildman–Crippen MR) is 100 cm³/mol. The average molecular weight is 344 g/mol. The van der Waals surface area contributed by atoms with Crippen molar-refractivity contribution in [3.05, 3.63) is 35.9 Å². The number of rotatable bonds is 5. The number of likely N-dealkylation sites (tertiary alicyclic amines) is 1. The van der Waals surface area contributed by atoms with E-state index in [9.17, 15) is 4.79 Å². The van der Waals surface area contributed by atoms with E-state index in [4.69, 9.17) is 4.74 Å². The molecule has 2 fully saturated rings. The number of piperidine rings is 1. The van der Waals surface area contributed by atoms with Gasteiger partial charge in [0.1, 0.15) is 0 Å². The fraction of sp³-hybridized carbons (Fsp3) is 0.667. The zero-order valence-electron chi connectivity index (χ0n) is 15.7. The number of hydrogen-bond acceptors (Lipinski definition) is 3. The van der Waals surface area contributed by atoms with Crippen molar-refractivity contribution in [2.45, 2.75) is 45.6 Å². The van der Waals surface area contributed by atoms with Gasteiger partial charge in [-0.25, -0.2) is 0 Å². The van der Waals surface area contributed by atoms with Crippen LogP contribution in [0, 0.1) is 11.3 Å². The standard InChI is InChI=1S/C21H32N2O2/c1-17-8-12-23(13-9-17)19(18-6-4-3-5-7-18)16-22-20(24)21(2)10-14-25-15-11-21/h3-7,17,19H,8-16H2,1-2H3,(H,22,24). The van der Waals surface area contributed by atoms with Crippen molar-refractivity contribution in [2.24, 2.45) is 11.3 Å². The largest absolute Gasteiger partial charge is 0.381 e. The summed E-state index contributed by atoms with van der Waals surface area (Å²) in [5, 5.41) is 3.26. The van der Waals surface area contributed by atoms with Crippen LogP contribution in [0.15, 0.2) is 30.3 Å². The van der Waals surface area contributed by atoms with E-state index in [1.54, 1.807) is 0 Å². The Balaban J connectivity index is 1.66. The summed E-state index contributed by atoms with van der Waals surface area (Å²) in [6, 6.07) is 10.9. The molecule has 2 heterocycles. The van der Waals surface area contributed by atoms with Crippen LogP contribution < -0.4 is 5.32 Å². The van der Waals surface area contributed by atoms with Crippen molar-refractivity contribution < 1.29 is 9.53 Å². The monoisotopic (exact) mass is 344 g/mol. The first kappa shape index (κ1) is 18.4. The molecule has 1 atom stereocenters. The Morgan fingerprint density at radius 2 is 1.88 bits per heavy atom. The zero-order chi connectivity index (χ0) is 17.7. The molecule has 1 aromatic rings. The van der Waals surface area contributed by atoms with Gasteiger partial charge in [-0.1, -0.05) is 44.2 Å². The summed E-state index contributed by atoms with van der Waals surface area (Å²) in [5.74, 6) is 0.991. The van der Waals surface area contributed by atoms with Gasteiger partial charge in [0.05, 0.1) is 11.5 Å². The van der Waals surface area contributed by atoms with Crippen molar-refractivity contribution in [3.63, 3.8) is 0 Å². The Morgan fingerprint density at radius 3 is 2.52 bits per heavy atom. The van der Waals surface area contributed by atoms with Crippen molar-refractivity contribution in [1.82, 2.24) is 10.2 Å². The van der Waals surface area contributed by atoms with Gasteiger partial charge in [-0.15, -0.1) is 0 Å². The summed E-state index contributed by atoms with van der Waals surface area (Å²) in [4.78, 5) is 15.3. The average Bonchev–Trinajstić information content (AvgIpc) is 2.64. The molecule has 0 spiro atoms. The van der Waals surface area contributed by atoms with E-state index in [-0.39, 0.29) is 17.4 Å². The molecule has 1 unspecified atom stereocenters. The van der Waals surface area contributed by atoms with E-state index in [0.29, 0.717) is 19.8 Å². The SMILES string of the molecule is CC1CCN(C(CNC(=O)C2(C)CCOCC2)c2ccccc2)CC1. The number of hydrogen-bond donors (Lipinski definition) is 1. The van der Waals surface area contributed by atoms with Gasteiger partial charge in [0, 0.05) is 19.8 Å². The molecule has 3 rings (SSSR count). The topological polar surface area (TPSA) is 41.6 Å². The lowest BCUT2D eigenvalue weighted by molar-refractivity contribution is -0.135. The van der Waals surface area contributed by atoms with E-state index in [1.165, 1.54) is 18.4 Å². The first-order valence-corrected chi connectivity index (χ1v) is 9.73. The van der Waals surface area contributed by atoms with Crippen molar-refractivity contribution in [3.8, 4) is 0 Å². The highest BCUT2D eigenvalue weighted by Crippen LogP contribution is 2.31. The molecule has 1 N–H and O–H groups in total. The minimum Gasteiger partial charge on any atom is -0.381 e. The maximum Gasteiger partial charge on any atom is 0.226 e. The number of benzene rings is 1. The second-order valence-electron chi connectivity index (χ2n) is 8.03. The maximum atomic E-state index is 12.8. The van der Waals surface area contributed by atoms with E-state index < -0.39 is 0 Å². The summed E-state index contributed by atoms with van der Waals surface area (Å²) in [7, 11) is 0. The van der Waals surface area contributed by atoms with Crippen LogP contribution in [0.3, 0.4) is 0 Å². The smallest absolute Gasteiger partial charge is 0.226 e. The van der Waals surface area contributed by atoms with Crippen LogP contribution in [0.1, 0.15) is 51.1 Å². The second kappa shape index (κ2) is 8.33. The zero-order valence-corrected chi connectivity index (χ0v) is 15.7. The molecule has 1 amide bonds. The van der Waals surface area contributed by atoms with Gasteiger partial charge in [0.15, 0.2) is 0 Å². The normalized spacial score (nSPS) is 23.1. The summed E-state index contributed by atoms with van der Waals surface area (Å²) < 4.78 is 5.43. The van der Waals surface area contributed by atoms with Crippen LogP contribution in [0.5, 0.6) is 0 Å². The molecule has 2 aliphatic heterocycles. The third kappa shape index (κ3) is 4.62. The lowest BCUT2D eigenvalue weighted by Gasteiger charge is -2.38. The quantitative estimate of drug-likeness (QED) is 0.890. The molecular formula is C21H32N2O2. The molecule has 4 heteroatoms. The number of nitrogens with zero attached hydrogens (tertiary/aromatic N) is 1. The number of ether oxygens (including phenoxy) is 1. The summed E-state index contributed by atoms with van der Waals surface area (Å²) in [5.41, 5.74) is 1.02. The molecule has 0 bridgehead atoms. The summed E-state index contributed by atoms with van der Waals surface area (Å²) in [6.45, 7) is 8.71. The Hall–Kier alpha value is -1.39. The first-order valence-electron chi connectivity index (χ1n) is 9.73. The van der Waals surface area contributed by atoms with Gasteiger partial charge in [-0.3, -0.25) is 9.69 Å². The minimum atomic E-state index is -0.282. The third-order valence-corrected chi connectivity index (χ3v) is 6.04. The second-order valence-corrected chi connectivity index (χ2v) is 8.03. The molecule has 2 saturated heterocycles. The fourth-order valence-electron chi connectivity index (χ4n) is 3.92. The van der Waals surface area contributed by atoms with E-state index >= 15 is 0 Å². The van der Waals surface area contributed by atoms with Gasteiger partial charge in [-0.05, 0) is 50.3 Å². The highest BCUT2D eigenvalue weighted by Gasteiger charge is 2.35. The van der Waals surface area contributed by atoms with Gasteiger partial charge >= 0.3 is 0 Å². The number of nitrogens with one attached hydrogen (secondary N) is 1. The molecule has 4 nitrogen and oxygen atoms in total. The lowest BCUT2D eigenvalue weighted by atomic mass is 9.81. The maximum absolute atomic E-state index is 12.8. The van der Waals surface area contributed by atoms with Crippen molar-refractivity contribution >= 4 is 5.91 Å². The Morgan fingerprint density at radius 1 is 1.24 bits per heavy atom. The van der Waals surface area contributed by atoms with Crippen LogP contribution in [-0.2, 0) is 9.53 Å². The van der Waals surface area contributed by atoms with Crippen LogP contribution in [0.25, 0.3) is 0 Å². The fourth-order valence-corrected chi connectivity index (χ4v) is 3.92. The van der Waals surface area contributed by atoms with Crippen LogP contribution in [-0.4, -0.2) is 43.7 Å². The van der Waals surface area contributed by atoms with E-state index in [1.807, 2.05) is 0 Å². The lowest BCUT2D eigenvalue weighted by Crippen LogP contribution is -2.47. The molecule has 138 valence electrons. The molecular weight excluding hydrogens is 312 g/mol.